The van der Waals surface area contributed by atoms with E-state index in [4.69, 9.17) is 0 Å². The summed E-state index contributed by atoms with van der Waals surface area (Å²) in [5, 5.41) is 7.35. The predicted octanol–water partition coefficient (Wildman–Crippen LogP) is 4.18. The third kappa shape index (κ3) is 5.56. The first-order valence-corrected chi connectivity index (χ1v) is 10.4. The standard InChI is InChI=1S/C24H28N4O2/c1-3-27(4-2)21-14-12-20(13-15-21)25-23(29)11-8-18-28-24(30)17-16-22(26-28)19-9-6-5-7-10-19/h5-7,9-10,12-17H,3-4,8,11,18H2,1-2H3,(H,25,29). The first kappa shape index (κ1) is 21.3. The van der Waals surface area contributed by atoms with Gasteiger partial charge >= 0.3 is 0 Å². The van der Waals surface area contributed by atoms with E-state index in [9.17, 15) is 9.59 Å². The lowest BCUT2D eigenvalue weighted by Gasteiger charge is -2.21. The molecule has 1 N–H and O–H groups in total. The van der Waals surface area contributed by atoms with Crippen molar-refractivity contribution in [2.75, 3.05) is 23.3 Å². The number of carbonyl (C=O) groups excluding carboxylic acids is 1. The third-order valence-corrected chi connectivity index (χ3v) is 4.99. The number of amides is 1. The van der Waals surface area contributed by atoms with Gasteiger partial charge in [0.1, 0.15) is 0 Å². The maximum atomic E-state index is 12.3. The van der Waals surface area contributed by atoms with E-state index in [1.807, 2.05) is 54.6 Å². The van der Waals surface area contributed by atoms with Crippen molar-refractivity contribution in [2.45, 2.75) is 33.2 Å². The Morgan fingerprint density at radius 2 is 1.67 bits per heavy atom. The van der Waals surface area contributed by atoms with Gasteiger partial charge in [-0.2, -0.15) is 5.10 Å². The summed E-state index contributed by atoms with van der Waals surface area (Å²) >= 11 is 0. The van der Waals surface area contributed by atoms with Gasteiger partial charge in [-0.05, 0) is 50.6 Å². The Balaban J connectivity index is 1.54. The molecule has 6 nitrogen and oxygen atoms in total. The molecule has 0 spiro atoms. The van der Waals surface area contributed by atoms with Crippen LogP contribution in [0.3, 0.4) is 0 Å². The zero-order valence-corrected chi connectivity index (χ0v) is 17.5. The molecule has 1 aromatic heterocycles. The van der Waals surface area contributed by atoms with Gasteiger partial charge in [-0.3, -0.25) is 9.59 Å². The zero-order valence-electron chi connectivity index (χ0n) is 17.5. The van der Waals surface area contributed by atoms with E-state index in [-0.39, 0.29) is 11.5 Å². The van der Waals surface area contributed by atoms with Gasteiger partial charge in [0.05, 0.1) is 5.69 Å². The largest absolute Gasteiger partial charge is 0.372 e. The van der Waals surface area contributed by atoms with Crippen LogP contribution >= 0.6 is 0 Å². The average Bonchev–Trinajstić information content (AvgIpc) is 2.77. The number of anilines is 2. The lowest BCUT2D eigenvalue weighted by atomic mass is 10.1. The van der Waals surface area contributed by atoms with Gasteiger partial charge in [-0.25, -0.2) is 4.68 Å². The van der Waals surface area contributed by atoms with Crippen LogP contribution in [-0.2, 0) is 11.3 Å². The Bertz CT molecular complexity index is 1010. The average molecular weight is 405 g/mol. The Kier molecular flexibility index (Phi) is 7.38. The van der Waals surface area contributed by atoms with Crippen LogP contribution in [0, 0.1) is 0 Å². The van der Waals surface area contributed by atoms with Gasteiger partial charge in [-0.1, -0.05) is 30.3 Å². The molecule has 0 aliphatic rings. The molecule has 1 amide bonds. The van der Waals surface area contributed by atoms with E-state index < -0.39 is 0 Å². The van der Waals surface area contributed by atoms with Crippen LogP contribution in [0.25, 0.3) is 11.3 Å². The van der Waals surface area contributed by atoms with E-state index in [1.165, 1.54) is 10.7 Å². The van der Waals surface area contributed by atoms with Crippen LogP contribution in [-0.4, -0.2) is 28.8 Å². The molecule has 0 radical (unpaired) electrons. The second kappa shape index (κ2) is 10.4. The summed E-state index contributed by atoms with van der Waals surface area (Å²) in [6, 6.07) is 20.8. The van der Waals surface area contributed by atoms with Crippen molar-refractivity contribution in [1.29, 1.82) is 0 Å². The lowest BCUT2D eigenvalue weighted by molar-refractivity contribution is -0.116. The van der Waals surface area contributed by atoms with Crippen LogP contribution in [0.4, 0.5) is 11.4 Å². The SMILES string of the molecule is CCN(CC)c1ccc(NC(=O)CCCn2nc(-c3ccccc3)ccc2=O)cc1. The highest BCUT2D eigenvalue weighted by Gasteiger charge is 2.07. The van der Waals surface area contributed by atoms with Gasteiger partial charge < -0.3 is 10.2 Å². The van der Waals surface area contributed by atoms with E-state index in [0.29, 0.717) is 19.4 Å². The Morgan fingerprint density at radius 1 is 0.967 bits per heavy atom. The summed E-state index contributed by atoms with van der Waals surface area (Å²) in [7, 11) is 0. The molecule has 0 aliphatic carbocycles. The molecule has 0 unspecified atom stereocenters. The first-order valence-electron chi connectivity index (χ1n) is 10.4. The van der Waals surface area contributed by atoms with Crippen molar-refractivity contribution in [2.24, 2.45) is 0 Å². The number of hydrogen-bond acceptors (Lipinski definition) is 4. The summed E-state index contributed by atoms with van der Waals surface area (Å²) < 4.78 is 1.43. The molecular formula is C24H28N4O2. The minimum atomic E-state index is -0.165. The smallest absolute Gasteiger partial charge is 0.266 e. The van der Waals surface area contributed by atoms with Crippen LogP contribution in [0.15, 0.2) is 71.5 Å². The summed E-state index contributed by atoms with van der Waals surface area (Å²) in [6.45, 7) is 6.53. The molecule has 0 saturated heterocycles. The first-order chi connectivity index (χ1) is 14.6. The fraction of sp³-hybridized carbons (Fsp3) is 0.292. The normalized spacial score (nSPS) is 10.6. The van der Waals surface area contributed by atoms with Gasteiger partial charge in [0.15, 0.2) is 0 Å². The number of carbonyl (C=O) groups is 1. The van der Waals surface area contributed by atoms with Crippen LogP contribution in [0.5, 0.6) is 0 Å². The monoisotopic (exact) mass is 404 g/mol. The zero-order chi connectivity index (χ0) is 21.3. The molecule has 0 aliphatic heterocycles. The molecule has 0 fully saturated rings. The molecule has 0 saturated carbocycles. The summed E-state index contributed by atoms with van der Waals surface area (Å²) in [6.07, 6.45) is 0.857. The van der Waals surface area contributed by atoms with Gasteiger partial charge in [0.2, 0.25) is 5.91 Å². The Morgan fingerprint density at radius 3 is 2.33 bits per heavy atom. The third-order valence-electron chi connectivity index (χ3n) is 4.99. The second-order valence-electron chi connectivity index (χ2n) is 7.02. The summed E-state index contributed by atoms with van der Waals surface area (Å²) in [4.78, 5) is 26.6. The molecule has 0 bridgehead atoms. The van der Waals surface area contributed by atoms with E-state index in [0.717, 1.165) is 35.7 Å². The van der Waals surface area contributed by atoms with E-state index in [1.54, 1.807) is 6.07 Å². The molecule has 3 aromatic rings. The fourth-order valence-corrected chi connectivity index (χ4v) is 3.33. The molecule has 1 heterocycles. The van der Waals surface area contributed by atoms with Crippen molar-refractivity contribution >= 4 is 17.3 Å². The van der Waals surface area contributed by atoms with Gasteiger partial charge in [0.25, 0.3) is 5.56 Å². The number of aromatic nitrogens is 2. The topological polar surface area (TPSA) is 67.2 Å². The number of aryl methyl sites for hydroxylation is 1. The van der Waals surface area contributed by atoms with Crippen molar-refractivity contribution in [3.05, 3.63) is 77.1 Å². The van der Waals surface area contributed by atoms with Crippen molar-refractivity contribution in [3.63, 3.8) is 0 Å². The molecule has 3 rings (SSSR count). The van der Waals surface area contributed by atoms with E-state index in [2.05, 4.69) is 29.2 Å². The maximum absolute atomic E-state index is 12.3. The summed E-state index contributed by atoms with van der Waals surface area (Å²) in [5.41, 5.74) is 3.45. The quantitative estimate of drug-likeness (QED) is 0.581. The molecule has 30 heavy (non-hydrogen) atoms. The molecule has 156 valence electrons. The summed E-state index contributed by atoms with van der Waals surface area (Å²) in [5.74, 6) is -0.0714. The van der Waals surface area contributed by atoms with Crippen molar-refractivity contribution < 1.29 is 4.79 Å². The number of benzene rings is 2. The second-order valence-corrected chi connectivity index (χ2v) is 7.02. The van der Waals surface area contributed by atoms with Crippen molar-refractivity contribution in [3.8, 4) is 11.3 Å². The lowest BCUT2D eigenvalue weighted by Crippen LogP contribution is -2.23. The Hall–Kier alpha value is -3.41. The minimum Gasteiger partial charge on any atom is -0.372 e. The molecule has 2 aromatic carbocycles. The highest BCUT2D eigenvalue weighted by atomic mass is 16.1. The maximum Gasteiger partial charge on any atom is 0.266 e. The predicted molar refractivity (Wildman–Crippen MR) is 122 cm³/mol. The number of rotatable bonds is 9. The van der Waals surface area contributed by atoms with E-state index >= 15 is 0 Å². The van der Waals surface area contributed by atoms with Crippen LogP contribution in [0.2, 0.25) is 0 Å². The van der Waals surface area contributed by atoms with Gasteiger partial charge in [-0.15, -0.1) is 0 Å². The highest BCUT2D eigenvalue weighted by Crippen LogP contribution is 2.18. The molecule has 6 heteroatoms. The number of nitrogens with one attached hydrogen (secondary N) is 1. The molecule has 0 atom stereocenters. The van der Waals surface area contributed by atoms with Crippen LogP contribution in [0.1, 0.15) is 26.7 Å². The molecular weight excluding hydrogens is 376 g/mol. The number of nitrogens with zero attached hydrogens (tertiary/aromatic N) is 3. The Labute approximate surface area is 177 Å². The van der Waals surface area contributed by atoms with Crippen LogP contribution < -0.4 is 15.8 Å². The fourth-order valence-electron chi connectivity index (χ4n) is 3.33. The highest BCUT2D eigenvalue weighted by molar-refractivity contribution is 5.90. The van der Waals surface area contributed by atoms with Gasteiger partial charge in [0, 0.05) is 49.1 Å². The van der Waals surface area contributed by atoms with Crippen molar-refractivity contribution in [1.82, 2.24) is 9.78 Å². The minimum absolute atomic E-state index is 0.0714. The number of hydrogen-bond donors (Lipinski definition) is 1.